The highest BCUT2D eigenvalue weighted by Crippen LogP contribution is 2.23. The molecular weight excluding hydrogens is 370 g/mol. The SMILES string of the molecule is CNCCC1CCN(C(C)C(=O)NC(C)c2ccc3ccccc3c2)CC1.Cl. The summed E-state index contributed by atoms with van der Waals surface area (Å²) in [4.78, 5) is 15.1. The van der Waals surface area contributed by atoms with Gasteiger partial charge in [0.1, 0.15) is 0 Å². The Morgan fingerprint density at radius 1 is 1.11 bits per heavy atom. The van der Waals surface area contributed by atoms with Crippen LogP contribution in [0.4, 0.5) is 0 Å². The number of rotatable bonds is 7. The highest BCUT2D eigenvalue weighted by Gasteiger charge is 2.27. The zero-order chi connectivity index (χ0) is 19.2. The van der Waals surface area contributed by atoms with Crippen LogP contribution in [-0.4, -0.2) is 43.5 Å². The molecule has 5 heteroatoms. The van der Waals surface area contributed by atoms with Gasteiger partial charge in [0.2, 0.25) is 5.91 Å². The maximum absolute atomic E-state index is 12.8. The van der Waals surface area contributed by atoms with Gasteiger partial charge in [-0.2, -0.15) is 0 Å². The summed E-state index contributed by atoms with van der Waals surface area (Å²) in [5.74, 6) is 0.921. The maximum atomic E-state index is 12.8. The molecule has 1 aliphatic rings. The Kier molecular flexibility index (Phi) is 8.74. The van der Waals surface area contributed by atoms with Crippen molar-refractivity contribution in [1.82, 2.24) is 15.5 Å². The molecule has 1 fully saturated rings. The molecule has 0 radical (unpaired) electrons. The third kappa shape index (κ3) is 5.69. The molecule has 1 saturated heterocycles. The van der Waals surface area contributed by atoms with E-state index in [4.69, 9.17) is 0 Å². The van der Waals surface area contributed by atoms with Crippen molar-refractivity contribution in [3.8, 4) is 0 Å². The minimum Gasteiger partial charge on any atom is -0.348 e. The van der Waals surface area contributed by atoms with Gasteiger partial charge in [-0.25, -0.2) is 0 Å². The highest BCUT2D eigenvalue weighted by molar-refractivity contribution is 5.85. The van der Waals surface area contributed by atoms with E-state index in [-0.39, 0.29) is 30.4 Å². The fraction of sp³-hybridized carbons (Fsp3) is 0.522. The summed E-state index contributed by atoms with van der Waals surface area (Å²) in [6.45, 7) is 7.24. The third-order valence-corrected chi connectivity index (χ3v) is 6.01. The van der Waals surface area contributed by atoms with Gasteiger partial charge in [-0.15, -0.1) is 12.4 Å². The van der Waals surface area contributed by atoms with E-state index in [9.17, 15) is 4.79 Å². The van der Waals surface area contributed by atoms with Crippen molar-refractivity contribution in [2.75, 3.05) is 26.7 Å². The number of hydrogen-bond donors (Lipinski definition) is 2. The van der Waals surface area contributed by atoms with E-state index in [2.05, 4.69) is 64.9 Å². The zero-order valence-electron chi connectivity index (χ0n) is 17.3. The van der Waals surface area contributed by atoms with E-state index >= 15 is 0 Å². The maximum Gasteiger partial charge on any atom is 0.237 e. The van der Waals surface area contributed by atoms with Crippen molar-refractivity contribution in [1.29, 1.82) is 0 Å². The Hall–Kier alpha value is -1.62. The normalized spacial score (nSPS) is 17.7. The van der Waals surface area contributed by atoms with Gasteiger partial charge < -0.3 is 10.6 Å². The van der Waals surface area contributed by atoms with Gasteiger partial charge in [0.15, 0.2) is 0 Å². The lowest BCUT2D eigenvalue weighted by atomic mass is 9.92. The molecule has 4 nitrogen and oxygen atoms in total. The number of carbonyl (C=O) groups is 1. The molecule has 2 N–H and O–H groups in total. The lowest BCUT2D eigenvalue weighted by Crippen LogP contribution is -2.48. The molecule has 2 aromatic carbocycles. The van der Waals surface area contributed by atoms with Gasteiger partial charge in [-0.3, -0.25) is 9.69 Å². The van der Waals surface area contributed by atoms with E-state index in [0.29, 0.717) is 0 Å². The van der Waals surface area contributed by atoms with Crippen LogP contribution in [0.2, 0.25) is 0 Å². The average Bonchev–Trinajstić information content (AvgIpc) is 2.71. The number of benzene rings is 2. The van der Waals surface area contributed by atoms with E-state index < -0.39 is 0 Å². The van der Waals surface area contributed by atoms with Gasteiger partial charge in [0, 0.05) is 0 Å². The molecule has 0 aromatic heterocycles. The number of amides is 1. The molecule has 2 aromatic rings. The first-order valence-corrected chi connectivity index (χ1v) is 10.3. The number of likely N-dealkylation sites (tertiary alicyclic amines) is 1. The highest BCUT2D eigenvalue weighted by atomic mass is 35.5. The second-order valence-electron chi connectivity index (χ2n) is 7.88. The lowest BCUT2D eigenvalue weighted by molar-refractivity contribution is -0.127. The molecule has 154 valence electrons. The second kappa shape index (κ2) is 10.8. The summed E-state index contributed by atoms with van der Waals surface area (Å²) in [5, 5.41) is 8.90. The molecule has 2 unspecified atom stereocenters. The van der Waals surface area contributed by atoms with Crippen molar-refractivity contribution in [3.05, 3.63) is 48.0 Å². The lowest BCUT2D eigenvalue weighted by Gasteiger charge is -2.35. The van der Waals surface area contributed by atoms with Gasteiger partial charge in [0.05, 0.1) is 12.1 Å². The quantitative estimate of drug-likeness (QED) is 0.729. The molecule has 28 heavy (non-hydrogen) atoms. The van der Waals surface area contributed by atoms with Crippen LogP contribution in [0.3, 0.4) is 0 Å². The molecular formula is C23H34ClN3O. The van der Waals surface area contributed by atoms with Crippen molar-refractivity contribution in [2.24, 2.45) is 5.92 Å². The van der Waals surface area contributed by atoms with Gasteiger partial charge in [-0.1, -0.05) is 36.4 Å². The van der Waals surface area contributed by atoms with E-state index in [1.54, 1.807) is 0 Å². The van der Waals surface area contributed by atoms with Crippen molar-refractivity contribution >= 4 is 29.1 Å². The number of piperidine rings is 1. The topological polar surface area (TPSA) is 44.4 Å². The summed E-state index contributed by atoms with van der Waals surface area (Å²) >= 11 is 0. The van der Waals surface area contributed by atoms with Crippen molar-refractivity contribution < 1.29 is 4.79 Å². The number of fused-ring (bicyclic) bond motifs is 1. The number of carbonyl (C=O) groups excluding carboxylic acids is 1. The predicted molar refractivity (Wildman–Crippen MR) is 120 cm³/mol. The predicted octanol–water partition coefficient (Wildman–Crippen LogP) is 4.15. The van der Waals surface area contributed by atoms with Crippen LogP contribution >= 0.6 is 12.4 Å². The van der Waals surface area contributed by atoms with Gasteiger partial charge in [0.25, 0.3) is 0 Å². The minimum absolute atomic E-state index is 0. The number of nitrogens with zero attached hydrogens (tertiary/aromatic N) is 1. The van der Waals surface area contributed by atoms with E-state index in [1.807, 2.05) is 14.0 Å². The fourth-order valence-corrected chi connectivity index (χ4v) is 4.04. The Morgan fingerprint density at radius 3 is 2.46 bits per heavy atom. The molecule has 2 atom stereocenters. The number of nitrogens with one attached hydrogen (secondary N) is 2. The minimum atomic E-state index is -0.0712. The van der Waals surface area contributed by atoms with Crippen LogP contribution in [0.5, 0.6) is 0 Å². The zero-order valence-corrected chi connectivity index (χ0v) is 18.1. The standard InChI is InChI=1S/C23H33N3O.ClH/c1-17(21-9-8-20-6-4-5-7-22(20)16-21)25-23(27)18(2)26-14-11-19(12-15-26)10-13-24-3;/h4-9,16-19,24H,10-15H2,1-3H3,(H,25,27);1H. The van der Waals surface area contributed by atoms with Crippen LogP contribution in [0.25, 0.3) is 10.8 Å². The monoisotopic (exact) mass is 403 g/mol. The molecule has 1 amide bonds. The first kappa shape index (κ1) is 22.7. The number of halogens is 1. The van der Waals surface area contributed by atoms with Gasteiger partial charge >= 0.3 is 0 Å². The summed E-state index contributed by atoms with van der Waals surface area (Å²) < 4.78 is 0. The van der Waals surface area contributed by atoms with Crippen LogP contribution in [0.1, 0.15) is 44.7 Å². The van der Waals surface area contributed by atoms with Crippen LogP contribution < -0.4 is 10.6 Å². The molecule has 0 spiro atoms. The van der Waals surface area contributed by atoms with Crippen LogP contribution in [0.15, 0.2) is 42.5 Å². The largest absolute Gasteiger partial charge is 0.348 e. The van der Waals surface area contributed by atoms with Crippen molar-refractivity contribution in [2.45, 2.75) is 45.2 Å². The summed E-state index contributed by atoms with van der Waals surface area (Å²) in [7, 11) is 2.01. The molecule has 0 bridgehead atoms. The second-order valence-corrected chi connectivity index (χ2v) is 7.88. The van der Waals surface area contributed by atoms with E-state index in [0.717, 1.165) is 31.1 Å². The Morgan fingerprint density at radius 2 is 1.79 bits per heavy atom. The first-order chi connectivity index (χ1) is 13.1. The molecule has 0 saturated carbocycles. The third-order valence-electron chi connectivity index (χ3n) is 6.01. The number of hydrogen-bond acceptors (Lipinski definition) is 3. The van der Waals surface area contributed by atoms with Gasteiger partial charge in [-0.05, 0) is 88.1 Å². The summed E-state index contributed by atoms with van der Waals surface area (Å²) in [5.41, 5.74) is 1.15. The Labute approximate surface area is 175 Å². The van der Waals surface area contributed by atoms with E-state index in [1.165, 1.54) is 30.0 Å². The Bertz CT molecular complexity index is 758. The smallest absolute Gasteiger partial charge is 0.237 e. The van der Waals surface area contributed by atoms with Crippen LogP contribution in [0, 0.1) is 5.92 Å². The molecule has 1 heterocycles. The van der Waals surface area contributed by atoms with Crippen LogP contribution in [-0.2, 0) is 4.79 Å². The Balaban J connectivity index is 0.00000280. The molecule has 3 rings (SSSR count). The summed E-state index contributed by atoms with van der Waals surface area (Å²) in [6.07, 6.45) is 3.63. The fourth-order valence-electron chi connectivity index (χ4n) is 4.04. The molecule has 1 aliphatic heterocycles. The molecule has 0 aliphatic carbocycles. The average molecular weight is 404 g/mol. The summed E-state index contributed by atoms with van der Waals surface area (Å²) in [6, 6.07) is 14.7. The van der Waals surface area contributed by atoms with Crippen molar-refractivity contribution in [3.63, 3.8) is 0 Å². The first-order valence-electron chi connectivity index (χ1n) is 10.3.